The molecule has 0 atom stereocenters. The number of H-pyrrole nitrogens is 1. The molecule has 1 aromatic carbocycles. The van der Waals surface area contributed by atoms with Gasteiger partial charge in [-0.25, -0.2) is 9.37 Å². The van der Waals surface area contributed by atoms with Crippen LogP contribution in [0, 0.1) is 15.9 Å². The lowest BCUT2D eigenvalue weighted by atomic mass is 10.1. The van der Waals surface area contributed by atoms with Crippen LogP contribution >= 0.6 is 0 Å². The molecule has 27 heavy (non-hydrogen) atoms. The number of hydrogen-bond acceptors (Lipinski definition) is 6. The van der Waals surface area contributed by atoms with Crippen molar-refractivity contribution in [2.24, 2.45) is 0 Å². The van der Waals surface area contributed by atoms with Crippen molar-refractivity contribution in [3.63, 3.8) is 0 Å². The summed E-state index contributed by atoms with van der Waals surface area (Å²) in [6.07, 6.45) is 2.02. The first-order valence-electron chi connectivity index (χ1n) is 8.32. The maximum atomic E-state index is 14.0. The summed E-state index contributed by atoms with van der Waals surface area (Å²) in [5.41, 5.74) is 0.995. The van der Waals surface area contributed by atoms with Crippen LogP contribution < -0.4 is 5.56 Å². The number of benzene rings is 1. The van der Waals surface area contributed by atoms with E-state index in [2.05, 4.69) is 9.97 Å². The van der Waals surface area contributed by atoms with Crippen molar-refractivity contribution < 1.29 is 13.7 Å². The molecule has 8 nitrogen and oxygen atoms in total. The number of nitrogens with zero attached hydrogens (tertiary/aromatic N) is 3. The highest BCUT2D eigenvalue weighted by Crippen LogP contribution is 2.23. The van der Waals surface area contributed by atoms with E-state index in [0.29, 0.717) is 35.8 Å². The molecule has 3 heterocycles. The molecule has 0 fully saturated rings. The van der Waals surface area contributed by atoms with Crippen molar-refractivity contribution in [1.29, 1.82) is 0 Å². The van der Waals surface area contributed by atoms with E-state index in [1.165, 1.54) is 12.3 Å². The molecule has 3 aromatic rings. The summed E-state index contributed by atoms with van der Waals surface area (Å²) < 4.78 is 19.3. The van der Waals surface area contributed by atoms with Gasteiger partial charge in [-0.3, -0.25) is 19.8 Å². The molecule has 0 saturated heterocycles. The maximum absolute atomic E-state index is 14.0. The molecule has 0 bridgehead atoms. The molecule has 4 rings (SSSR count). The van der Waals surface area contributed by atoms with E-state index < -0.39 is 10.7 Å². The first-order chi connectivity index (χ1) is 13.0. The average Bonchev–Trinajstić information content (AvgIpc) is 3.18. The number of nitro groups is 1. The van der Waals surface area contributed by atoms with Gasteiger partial charge < -0.3 is 9.40 Å². The van der Waals surface area contributed by atoms with Gasteiger partial charge in [0, 0.05) is 43.8 Å². The van der Waals surface area contributed by atoms with E-state index in [1.807, 2.05) is 4.90 Å². The Labute approximate surface area is 152 Å². The highest BCUT2D eigenvalue weighted by Gasteiger charge is 2.23. The number of aromatic amines is 1. The van der Waals surface area contributed by atoms with Gasteiger partial charge in [0.25, 0.3) is 11.2 Å². The number of halogens is 1. The van der Waals surface area contributed by atoms with Gasteiger partial charge in [0.05, 0.1) is 22.4 Å². The molecule has 0 amide bonds. The van der Waals surface area contributed by atoms with Crippen molar-refractivity contribution in [2.45, 2.75) is 19.5 Å². The summed E-state index contributed by atoms with van der Waals surface area (Å²) in [6, 6.07) is 6.88. The van der Waals surface area contributed by atoms with Gasteiger partial charge in [-0.15, -0.1) is 0 Å². The average molecular weight is 370 g/mol. The zero-order valence-corrected chi connectivity index (χ0v) is 14.1. The molecule has 1 aliphatic heterocycles. The number of nitro benzene ring substituents is 1. The topological polar surface area (TPSA) is 105 Å². The summed E-state index contributed by atoms with van der Waals surface area (Å²) in [6.45, 7) is 1.02. The molecule has 1 aliphatic rings. The molecule has 1 N–H and O–H groups in total. The molecule has 0 spiro atoms. The van der Waals surface area contributed by atoms with E-state index >= 15 is 0 Å². The van der Waals surface area contributed by atoms with Crippen molar-refractivity contribution in [2.75, 3.05) is 6.54 Å². The first-order valence-corrected chi connectivity index (χ1v) is 8.32. The molecule has 9 heteroatoms. The largest absolute Gasteiger partial charge is 0.461 e. The van der Waals surface area contributed by atoms with E-state index in [4.69, 9.17) is 4.42 Å². The number of aromatic nitrogens is 2. The van der Waals surface area contributed by atoms with Crippen molar-refractivity contribution in [1.82, 2.24) is 14.9 Å². The Morgan fingerprint density at radius 3 is 2.96 bits per heavy atom. The van der Waals surface area contributed by atoms with Crippen LogP contribution in [0.2, 0.25) is 0 Å². The van der Waals surface area contributed by atoms with Crippen LogP contribution in [0.5, 0.6) is 0 Å². The lowest BCUT2D eigenvalue weighted by Crippen LogP contribution is -2.35. The quantitative estimate of drug-likeness (QED) is 0.559. The number of nitrogens with one attached hydrogen (secondary N) is 1. The smallest absolute Gasteiger partial charge is 0.269 e. The third-order valence-corrected chi connectivity index (χ3v) is 4.54. The highest BCUT2D eigenvalue weighted by atomic mass is 19.1. The molecule has 0 unspecified atom stereocenters. The lowest BCUT2D eigenvalue weighted by molar-refractivity contribution is -0.385. The van der Waals surface area contributed by atoms with Crippen LogP contribution in [0.25, 0.3) is 11.6 Å². The van der Waals surface area contributed by atoms with E-state index in [0.717, 1.165) is 12.1 Å². The summed E-state index contributed by atoms with van der Waals surface area (Å²) in [5.74, 6) is 0.351. The fourth-order valence-corrected chi connectivity index (χ4v) is 3.18. The molecule has 0 radical (unpaired) electrons. The van der Waals surface area contributed by atoms with Crippen LogP contribution in [0.4, 0.5) is 10.1 Å². The second-order valence-corrected chi connectivity index (χ2v) is 6.31. The first kappa shape index (κ1) is 17.1. The number of fused-ring (bicyclic) bond motifs is 1. The molecule has 138 valence electrons. The van der Waals surface area contributed by atoms with Gasteiger partial charge in [-0.05, 0) is 18.2 Å². The molecule has 0 saturated carbocycles. The van der Waals surface area contributed by atoms with Crippen molar-refractivity contribution >= 4 is 5.69 Å². The Morgan fingerprint density at radius 2 is 2.22 bits per heavy atom. The number of rotatable bonds is 4. The number of furan rings is 1. The normalized spacial score (nSPS) is 14.1. The SMILES string of the molecule is O=c1[nH]c(-c2ccco2)nc2c1CN(Cc1cc([N+](=O)[O-])ccc1F)CC2. The minimum Gasteiger partial charge on any atom is -0.461 e. The Morgan fingerprint density at radius 1 is 1.37 bits per heavy atom. The molecule has 0 aliphatic carbocycles. The van der Waals surface area contributed by atoms with Gasteiger partial charge in [0.2, 0.25) is 0 Å². The van der Waals surface area contributed by atoms with Crippen LogP contribution in [0.15, 0.2) is 45.8 Å². The predicted octanol–water partition coefficient (Wildman–Crippen LogP) is 2.64. The number of hydrogen-bond donors (Lipinski definition) is 1. The second kappa shape index (κ2) is 6.76. The Bertz CT molecular complexity index is 1060. The summed E-state index contributed by atoms with van der Waals surface area (Å²) in [7, 11) is 0. The van der Waals surface area contributed by atoms with Gasteiger partial charge in [0.1, 0.15) is 5.82 Å². The van der Waals surface area contributed by atoms with Gasteiger partial charge in [-0.1, -0.05) is 0 Å². The third-order valence-electron chi connectivity index (χ3n) is 4.54. The fourth-order valence-electron chi connectivity index (χ4n) is 3.18. The minimum absolute atomic E-state index is 0.161. The molecular formula is C18H15FN4O4. The maximum Gasteiger partial charge on any atom is 0.269 e. The van der Waals surface area contributed by atoms with Crippen LogP contribution in [-0.4, -0.2) is 26.3 Å². The Kier molecular flexibility index (Phi) is 4.28. The minimum atomic E-state index is -0.556. The van der Waals surface area contributed by atoms with Crippen molar-refractivity contribution in [3.8, 4) is 11.6 Å². The monoisotopic (exact) mass is 370 g/mol. The van der Waals surface area contributed by atoms with Gasteiger partial charge in [-0.2, -0.15) is 0 Å². The zero-order chi connectivity index (χ0) is 19.0. The summed E-state index contributed by atoms with van der Waals surface area (Å²) in [4.78, 5) is 31.9. The standard InChI is InChI=1S/C18H15FN4O4/c19-14-4-3-12(23(25)26)8-11(14)9-22-6-5-15-13(10-22)18(24)21-17(20-15)16-2-1-7-27-16/h1-4,7-8H,5-6,9-10H2,(H,20,21,24). The van der Waals surface area contributed by atoms with Crippen LogP contribution in [0.3, 0.4) is 0 Å². The highest BCUT2D eigenvalue weighted by molar-refractivity contribution is 5.47. The summed E-state index contributed by atoms with van der Waals surface area (Å²) in [5, 5.41) is 10.9. The van der Waals surface area contributed by atoms with Gasteiger partial charge >= 0.3 is 0 Å². The molecule has 2 aromatic heterocycles. The third kappa shape index (κ3) is 3.36. The lowest BCUT2D eigenvalue weighted by Gasteiger charge is -2.27. The number of non-ortho nitro benzene ring substituents is 1. The summed E-state index contributed by atoms with van der Waals surface area (Å²) >= 11 is 0. The van der Waals surface area contributed by atoms with E-state index in [-0.39, 0.29) is 29.9 Å². The molecular weight excluding hydrogens is 355 g/mol. The van der Waals surface area contributed by atoms with Crippen molar-refractivity contribution in [3.05, 3.63) is 79.7 Å². The second-order valence-electron chi connectivity index (χ2n) is 6.31. The van der Waals surface area contributed by atoms with E-state index in [9.17, 15) is 19.3 Å². The zero-order valence-electron chi connectivity index (χ0n) is 14.1. The Balaban J connectivity index is 1.58. The van der Waals surface area contributed by atoms with Crippen LogP contribution in [0.1, 0.15) is 16.8 Å². The Hall–Kier alpha value is -3.33. The predicted molar refractivity (Wildman–Crippen MR) is 93.4 cm³/mol. The fraction of sp³-hybridized carbons (Fsp3) is 0.222. The van der Waals surface area contributed by atoms with Gasteiger partial charge in [0.15, 0.2) is 11.6 Å². The van der Waals surface area contributed by atoms with E-state index in [1.54, 1.807) is 12.1 Å². The van der Waals surface area contributed by atoms with Crippen LogP contribution in [-0.2, 0) is 19.5 Å².